The second-order valence-electron chi connectivity index (χ2n) is 6.45. The van der Waals surface area contributed by atoms with Gasteiger partial charge in [-0.3, -0.25) is 4.72 Å². The maximum atomic E-state index is 12.8. The number of aromatic nitrogens is 1. The number of hydrogen-bond acceptors (Lipinski definition) is 6. The Morgan fingerprint density at radius 1 is 1.32 bits per heavy atom. The first-order valence-corrected chi connectivity index (χ1v) is 10.1. The summed E-state index contributed by atoms with van der Waals surface area (Å²) >= 11 is 0. The maximum absolute atomic E-state index is 12.8. The van der Waals surface area contributed by atoms with Crippen molar-refractivity contribution in [3.05, 3.63) is 47.7 Å². The van der Waals surface area contributed by atoms with Crippen molar-refractivity contribution in [1.29, 1.82) is 0 Å². The molecule has 0 spiro atoms. The summed E-state index contributed by atoms with van der Waals surface area (Å²) in [5.41, 5.74) is 4.42. The smallest absolute Gasteiger partial charge is 0.359 e. The summed E-state index contributed by atoms with van der Waals surface area (Å²) < 4.78 is 66.0. The van der Waals surface area contributed by atoms with Gasteiger partial charge in [0.25, 0.3) is 0 Å². The summed E-state index contributed by atoms with van der Waals surface area (Å²) in [5.74, 6) is -0.253. The average molecular weight is 415 g/mol. The molecule has 0 radical (unpaired) electrons. The maximum Gasteiger partial charge on any atom is 0.416 e. The Kier molecular flexibility index (Phi) is 5.39. The summed E-state index contributed by atoms with van der Waals surface area (Å²) in [6.07, 6.45) is -3.43. The van der Waals surface area contributed by atoms with E-state index >= 15 is 0 Å². The first-order chi connectivity index (χ1) is 13.1. The van der Waals surface area contributed by atoms with Crippen LogP contribution in [0.3, 0.4) is 0 Å². The van der Waals surface area contributed by atoms with Gasteiger partial charge >= 0.3 is 6.18 Å². The molecule has 28 heavy (non-hydrogen) atoms. The molecule has 0 atom stereocenters. The minimum Gasteiger partial charge on any atom is -0.359 e. The zero-order valence-corrected chi connectivity index (χ0v) is 16.1. The van der Waals surface area contributed by atoms with Gasteiger partial charge in [0.15, 0.2) is 0 Å². The SMILES string of the molecule is CN(CCS(=O)(=O)Nc1cccc2c1N(C)NC2)c1cc(C(F)(F)F)ccn1. The van der Waals surface area contributed by atoms with E-state index in [0.29, 0.717) is 12.2 Å². The lowest BCUT2D eigenvalue weighted by atomic mass is 10.1. The third-order valence-corrected chi connectivity index (χ3v) is 5.64. The second-order valence-corrected chi connectivity index (χ2v) is 8.29. The first-order valence-electron chi connectivity index (χ1n) is 8.41. The number of hydrazine groups is 1. The molecule has 3 rings (SSSR count). The molecule has 152 valence electrons. The van der Waals surface area contributed by atoms with Crippen molar-refractivity contribution >= 4 is 27.2 Å². The lowest BCUT2D eigenvalue weighted by Gasteiger charge is -2.21. The van der Waals surface area contributed by atoms with Crippen molar-refractivity contribution in [3.63, 3.8) is 0 Å². The van der Waals surface area contributed by atoms with E-state index in [0.717, 1.165) is 29.6 Å². The van der Waals surface area contributed by atoms with Crippen LogP contribution in [0.5, 0.6) is 0 Å². The van der Waals surface area contributed by atoms with Crippen LogP contribution in [0.4, 0.5) is 30.4 Å². The highest BCUT2D eigenvalue weighted by molar-refractivity contribution is 7.92. The molecule has 7 nitrogen and oxygen atoms in total. The molecule has 11 heteroatoms. The van der Waals surface area contributed by atoms with Crippen molar-refractivity contribution in [2.75, 3.05) is 41.0 Å². The van der Waals surface area contributed by atoms with Gasteiger partial charge in [-0.15, -0.1) is 0 Å². The predicted octanol–water partition coefficient (Wildman–Crippen LogP) is 2.43. The molecule has 0 bridgehead atoms. The van der Waals surface area contributed by atoms with Gasteiger partial charge in [-0.25, -0.2) is 18.8 Å². The average Bonchev–Trinajstić information content (AvgIpc) is 3.01. The molecule has 0 saturated heterocycles. The van der Waals surface area contributed by atoms with Crippen LogP contribution in [0, 0.1) is 0 Å². The van der Waals surface area contributed by atoms with E-state index < -0.39 is 21.8 Å². The largest absolute Gasteiger partial charge is 0.416 e. The Hall–Kier alpha value is -2.53. The van der Waals surface area contributed by atoms with Crippen molar-refractivity contribution < 1.29 is 21.6 Å². The number of para-hydroxylation sites is 1. The lowest BCUT2D eigenvalue weighted by molar-refractivity contribution is -0.137. The molecular weight excluding hydrogens is 395 g/mol. The van der Waals surface area contributed by atoms with Gasteiger partial charge in [-0.05, 0) is 23.8 Å². The Balaban J connectivity index is 1.69. The van der Waals surface area contributed by atoms with E-state index in [4.69, 9.17) is 0 Å². The number of fused-ring (bicyclic) bond motifs is 1. The van der Waals surface area contributed by atoms with Gasteiger partial charge in [-0.2, -0.15) is 13.2 Å². The second kappa shape index (κ2) is 7.47. The third-order valence-electron chi connectivity index (χ3n) is 4.39. The van der Waals surface area contributed by atoms with Crippen molar-refractivity contribution in [2.45, 2.75) is 12.7 Å². The fourth-order valence-electron chi connectivity index (χ4n) is 2.89. The number of nitrogens with zero attached hydrogens (tertiary/aromatic N) is 3. The molecule has 0 fully saturated rings. The van der Waals surface area contributed by atoms with E-state index in [9.17, 15) is 21.6 Å². The molecule has 2 N–H and O–H groups in total. The molecule has 1 aliphatic heterocycles. The number of anilines is 3. The number of halogens is 3. The van der Waals surface area contributed by atoms with E-state index in [1.54, 1.807) is 24.2 Å². The van der Waals surface area contributed by atoms with Gasteiger partial charge in [0.05, 0.1) is 22.7 Å². The molecular formula is C17H20F3N5O2S. The number of nitrogens with one attached hydrogen (secondary N) is 2. The lowest BCUT2D eigenvalue weighted by Crippen LogP contribution is -2.30. The molecule has 1 aliphatic rings. The molecule has 0 unspecified atom stereocenters. The molecule has 1 aromatic heterocycles. The van der Waals surface area contributed by atoms with Crippen LogP contribution in [0.15, 0.2) is 36.5 Å². The summed E-state index contributed by atoms with van der Waals surface area (Å²) in [4.78, 5) is 5.26. The number of rotatable bonds is 6. The van der Waals surface area contributed by atoms with Crippen LogP contribution >= 0.6 is 0 Å². The Morgan fingerprint density at radius 3 is 2.79 bits per heavy atom. The van der Waals surface area contributed by atoms with Crippen molar-refractivity contribution in [2.24, 2.45) is 0 Å². The van der Waals surface area contributed by atoms with Crippen molar-refractivity contribution in [3.8, 4) is 0 Å². The number of hydrogen-bond donors (Lipinski definition) is 2. The molecule has 0 aliphatic carbocycles. The minimum atomic E-state index is -4.49. The molecule has 0 saturated carbocycles. The minimum absolute atomic E-state index is 0.0211. The van der Waals surface area contributed by atoms with Crippen LogP contribution < -0.4 is 20.1 Å². The van der Waals surface area contributed by atoms with Gasteiger partial charge in [-0.1, -0.05) is 12.1 Å². The van der Waals surface area contributed by atoms with E-state index in [1.165, 1.54) is 11.9 Å². The van der Waals surface area contributed by atoms with Crippen LogP contribution in [0.2, 0.25) is 0 Å². The predicted molar refractivity (Wildman–Crippen MR) is 102 cm³/mol. The van der Waals surface area contributed by atoms with E-state index in [2.05, 4.69) is 15.1 Å². The zero-order chi connectivity index (χ0) is 20.5. The summed E-state index contributed by atoms with van der Waals surface area (Å²) in [6, 6.07) is 7.09. The van der Waals surface area contributed by atoms with Gasteiger partial charge in [0.2, 0.25) is 10.0 Å². The molecule has 2 heterocycles. The monoisotopic (exact) mass is 415 g/mol. The third kappa shape index (κ3) is 4.47. The zero-order valence-electron chi connectivity index (χ0n) is 15.3. The molecule has 1 aromatic carbocycles. The summed E-state index contributed by atoms with van der Waals surface area (Å²) in [7, 11) is -0.433. The van der Waals surface area contributed by atoms with Crippen molar-refractivity contribution in [1.82, 2.24) is 10.4 Å². The standard InChI is InChI=1S/C17H20F3N5O2S/c1-24(15-10-13(6-7-21-15)17(18,19)20)8-9-28(26,27)23-14-5-3-4-12-11-22-25(2)16(12)14/h3-7,10,22-23H,8-9,11H2,1-2H3. The van der Waals surface area contributed by atoms with Crippen LogP contribution in [0.1, 0.15) is 11.1 Å². The highest BCUT2D eigenvalue weighted by Gasteiger charge is 2.31. The number of sulfonamides is 1. The highest BCUT2D eigenvalue weighted by atomic mass is 32.2. The van der Waals surface area contributed by atoms with Gasteiger partial charge in [0.1, 0.15) is 5.82 Å². The summed E-state index contributed by atoms with van der Waals surface area (Å²) in [5, 5.41) is 1.74. The fraction of sp³-hybridized carbons (Fsp3) is 0.353. The Labute approximate surface area is 161 Å². The summed E-state index contributed by atoms with van der Waals surface area (Å²) in [6.45, 7) is 0.581. The highest BCUT2D eigenvalue weighted by Crippen LogP contribution is 2.33. The number of alkyl halides is 3. The first kappa shape index (κ1) is 20.2. The fourth-order valence-corrected chi connectivity index (χ4v) is 4.01. The quantitative estimate of drug-likeness (QED) is 0.755. The van der Waals surface area contributed by atoms with Crippen LogP contribution in [-0.2, 0) is 22.7 Å². The topological polar surface area (TPSA) is 77.6 Å². The normalized spacial score (nSPS) is 14.1. The van der Waals surface area contributed by atoms with Gasteiger partial charge < -0.3 is 9.91 Å². The van der Waals surface area contributed by atoms with Crippen LogP contribution in [0.25, 0.3) is 0 Å². The van der Waals surface area contributed by atoms with E-state index in [1.807, 2.05) is 6.07 Å². The molecule has 2 aromatic rings. The van der Waals surface area contributed by atoms with Crippen LogP contribution in [-0.4, -0.2) is 39.8 Å². The van der Waals surface area contributed by atoms with E-state index in [-0.39, 0.29) is 18.1 Å². The Bertz CT molecular complexity index is 966. The number of benzene rings is 1. The molecule has 0 amide bonds. The Morgan fingerprint density at radius 2 is 2.07 bits per heavy atom. The number of pyridine rings is 1. The van der Waals surface area contributed by atoms with Gasteiger partial charge in [0, 0.05) is 33.4 Å².